The third kappa shape index (κ3) is 3.12. The highest BCUT2D eigenvalue weighted by Gasteiger charge is 2.36. The molecule has 1 aliphatic rings. The Labute approximate surface area is 118 Å². The van der Waals surface area contributed by atoms with Gasteiger partial charge in [0.05, 0.1) is 25.3 Å². The Morgan fingerprint density at radius 2 is 2.25 bits per heavy atom. The molecule has 6 heteroatoms. The zero-order chi connectivity index (χ0) is 14.6. The highest BCUT2D eigenvalue weighted by molar-refractivity contribution is 5.92. The molecule has 0 spiro atoms. The van der Waals surface area contributed by atoms with Crippen molar-refractivity contribution < 1.29 is 19.2 Å². The summed E-state index contributed by atoms with van der Waals surface area (Å²) in [5.74, 6) is 0.272. The van der Waals surface area contributed by atoms with Crippen LogP contribution in [0.3, 0.4) is 0 Å². The van der Waals surface area contributed by atoms with E-state index in [0.717, 1.165) is 25.7 Å². The van der Waals surface area contributed by atoms with Crippen LogP contribution in [0.1, 0.15) is 49.6 Å². The quantitative estimate of drug-likeness (QED) is 0.859. The number of nitrogens with zero attached hydrogens (tertiary/aromatic N) is 1. The van der Waals surface area contributed by atoms with Crippen molar-refractivity contribution in [2.45, 2.75) is 44.6 Å². The van der Waals surface area contributed by atoms with E-state index in [-0.39, 0.29) is 30.1 Å². The molecule has 6 nitrogen and oxygen atoms in total. The highest BCUT2D eigenvalue weighted by Crippen LogP contribution is 2.32. The van der Waals surface area contributed by atoms with Crippen molar-refractivity contribution in [2.24, 2.45) is 5.92 Å². The number of methoxy groups -OCH3 is 1. The summed E-state index contributed by atoms with van der Waals surface area (Å²) in [6, 6.07) is 1.44. The first-order chi connectivity index (χ1) is 9.59. The average Bonchev–Trinajstić information content (AvgIpc) is 2.97. The average molecular weight is 282 g/mol. The number of hydrogen-bond donors (Lipinski definition) is 2. The van der Waals surface area contributed by atoms with E-state index in [9.17, 15) is 9.90 Å². The zero-order valence-electron chi connectivity index (χ0n) is 12.0. The van der Waals surface area contributed by atoms with Crippen LogP contribution in [-0.4, -0.2) is 35.4 Å². The summed E-state index contributed by atoms with van der Waals surface area (Å²) in [6.45, 7) is 1.79. The van der Waals surface area contributed by atoms with E-state index in [1.54, 1.807) is 0 Å². The molecule has 1 aromatic heterocycles. The second kappa shape index (κ2) is 6.26. The molecule has 2 N–H and O–H groups in total. The smallest absolute Gasteiger partial charge is 0.290 e. The van der Waals surface area contributed by atoms with Crippen LogP contribution in [0.4, 0.5) is 0 Å². The maximum Gasteiger partial charge on any atom is 0.290 e. The van der Waals surface area contributed by atoms with Gasteiger partial charge >= 0.3 is 0 Å². The molecule has 1 fully saturated rings. The van der Waals surface area contributed by atoms with Gasteiger partial charge in [-0.15, -0.1) is 0 Å². The van der Waals surface area contributed by atoms with E-state index < -0.39 is 5.54 Å². The summed E-state index contributed by atoms with van der Waals surface area (Å²) in [5.41, 5.74) is -0.627. The third-order valence-corrected chi connectivity index (χ3v) is 4.16. The van der Waals surface area contributed by atoms with Crippen molar-refractivity contribution in [1.29, 1.82) is 0 Å². The van der Waals surface area contributed by atoms with Crippen LogP contribution in [0.15, 0.2) is 10.6 Å². The van der Waals surface area contributed by atoms with E-state index in [1.807, 2.05) is 6.92 Å². The molecule has 1 aliphatic carbocycles. The number of aromatic nitrogens is 1. The van der Waals surface area contributed by atoms with Gasteiger partial charge < -0.3 is 19.7 Å². The molecule has 0 aromatic carbocycles. The standard InChI is InChI=1S/C14H22N2O4/c1-14(9-17,10-6-4-3-5-7-10)15-13(18)11-8-12(19-2)16-20-11/h8,10,17H,3-7,9H2,1-2H3,(H,15,18)/t14-/m1/s1. The molecule has 0 bridgehead atoms. The molecule has 112 valence electrons. The van der Waals surface area contributed by atoms with E-state index in [2.05, 4.69) is 10.5 Å². The number of rotatable bonds is 5. The first kappa shape index (κ1) is 14.8. The topological polar surface area (TPSA) is 84.6 Å². The van der Waals surface area contributed by atoms with Gasteiger partial charge in [-0.25, -0.2) is 0 Å². The van der Waals surface area contributed by atoms with Crippen LogP contribution in [0.5, 0.6) is 5.88 Å². The lowest BCUT2D eigenvalue weighted by Gasteiger charge is -2.39. The van der Waals surface area contributed by atoms with Crippen LogP contribution in [0, 0.1) is 5.92 Å². The van der Waals surface area contributed by atoms with Gasteiger partial charge in [0, 0.05) is 0 Å². The van der Waals surface area contributed by atoms with Gasteiger partial charge in [-0.05, 0) is 30.8 Å². The molecule has 0 radical (unpaired) electrons. The van der Waals surface area contributed by atoms with Crippen molar-refractivity contribution in [3.63, 3.8) is 0 Å². The molecule has 1 aromatic rings. The summed E-state index contributed by atoms with van der Waals surface area (Å²) < 4.78 is 9.81. The fraction of sp³-hybridized carbons (Fsp3) is 0.714. The lowest BCUT2D eigenvalue weighted by molar-refractivity contribution is 0.0650. The van der Waals surface area contributed by atoms with Crippen molar-refractivity contribution >= 4 is 5.91 Å². The molecule has 20 heavy (non-hydrogen) atoms. The Kier molecular flexibility index (Phi) is 4.65. The predicted molar refractivity (Wildman–Crippen MR) is 72.6 cm³/mol. The molecule has 1 heterocycles. The van der Waals surface area contributed by atoms with Crippen LogP contribution in [-0.2, 0) is 0 Å². The van der Waals surface area contributed by atoms with E-state index in [4.69, 9.17) is 9.26 Å². The maximum atomic E-state index is 12.2. The normalized spacial score (nSPS) is 19.4. The van der Waals surface area contributed by atoms with Crippen LogP contribution in [0.2, 0.25) is 0 Å². The van der Waals surface area contributed by atoms with Gasteiger partial charge in [-0.1, -0.05) is 19.3 Å². The number of ether oxygens (including phenoxy) is 1. The first-order valence-corrected chi connectivity index (χ1v) is 7.03. The molecule has 1 atom stereocenters. The molecule has 1 amide bonds. The van der Waals surface area contributed by atoms with Crippen molar-refractivity contribution in [3.05, 3.63) is 11.8 Å². The van der Waals surface area contributed by atoms with Crippen molar-refractivity contribution in [2.75, 3.05) is 13.7 Å². The summed E-state index contributed by atoms with van der Waals surface area (Å²) in [7, 11) is 1.46. The van der Waals surface area contributed by atoms with Crippen molar-refractivity contribution in [3.8, 4) is 5.88 Å². The summed E-state index contributed by atoms with van der Waals surface area (Å²) in [4.78, 5) is 12.2. The number of aliphatic hydroxyl groups is 1. The van der Waals surface area contributed by atoms with Gasteiger partial charge in [0.2, 0.25) is 5.76 Å². The molecule has 0 saturated heterocycles. The van der Waals surface area contributed by atoms with Gasteiger partial charge in [0.1, 0.15) is 0 Å². The zero-order valence-corrected chi connectivity index (χ0v) is 12.0. The Balaban J connectivity index is 2.06. The first-order valence-electron chi connectivity index (χ1n) is 7.03. The number of nitrogens with one attached hydrogen (secondary N) is 1. The summed E-state index contributed by atoms with van der Waals surface area (Å²) in [5, 5.41) is 16.2. The third-order valence-electron chi connectivity index (χ3n) is 4.16. The Hall–Kier alpha value is -1.56. The van der Waals surface area contributed by atoms with Gasteiger partial charge in [-0.3, -0.25) is 4.79 Å². The second-order valence-electron chi connectivity index (χ2n) is 5.60. The minimum Gasteiger partial charge on any atom is -0.479 e. The predicted octanol–water partition coefficient (Wildman–Crippen LogP) is 1.74. The molecular weight excluding hydrogens is 260 g/mol. The minimum atomic E-state index is -0.627. The minimum absolute atomic E-state index is 0.0886. The molecule has 1 saturated carbocycles. The molecule has 2 rings (SSSR count). The van der Waals surface area contributed by atoms with Gasteiger partial charge in [-0.2, -0.15) is 0 Å². The highest BCUT2D eigenvalue weighted by atomic mass is 16.5. The fourth-order valence-corrected chi connectivity index (χ4v) is 2.79. The molecular formula is C14H22N2O4. The van der Waals surface area contributed by atoms with Gasteiger partial charge in [0.25, 0.3) is 11.8 Å². The van der Waals surface area contributed by atoms with E-state index in [1.165, 1.54) is 19.6 Å². The number of carbonyl (C=O) groups is 1. The van der Waals surface area contributed by atoms with Crippen LogP contribution < -0.4 is 10.1 Å². The Morgan fingerprint density at radius 3 is 2.80 bits per heavy atom. The lowest BCUT2D eigenvalue weighted by Crippen LogP contribution is -2.54. The monoisotopic (exact) mass is 282 g/mol. The lowest BCUT2D eigenvalue weighted by atomic mass is 9.76. The number of aliphatic hydroxyl groups excluding tert-OH is 1. The van der Waals surface area contributed by atoms with Crippen molar-refractivity contribution in [1.82, 2.24) is 10.5 Å². The summed E-state index contributed by atoms with van der Waals surface area (Å²) in [6.07, 6.45) is 5.57. The van der Waals surface area contributed by atoms with E-state index >= 15 is 0 Å². The number of carbonyl (C=O) groups excluding carboxylic acids is 1. The SMILES string of the molecule is COc1cc(C(=O)N[C@](C)(CO)C2CCCCC2)on1. The summed E-state index contributed by atoms with van der Waals surface area (Å²) >= 11 is 0. The fourth-order valence-electron chi connectivity index (χ4n) is 2.79. The molecule has 0 aliphatic heterocycles. The van der Waals surface area contributed by atoms with Crippen LogP contribution >= 0.6 is 0 Å². The van der Waals surface area contributed by atoms with E-state index in [0.29, 0.717) is 0 Å². The van der Waals surface area contributed by atoms with Gasteiger partial charge in [0.15, 0.2) is 0 Å². The Morgan fingerprint density at radius 1 is 1.55 bits per heavy atom. The van der Waals surface area contributed by atoms with Crippen LogP contribution in [0.25, 0.3) is 0 Å². The maximum absolute atomic E-state index is 12.2. The Bertz CT molecular complexity index is 454. The number of hydrogen-bond acceptors (Lipinski definition) is 5. The number of amides is 1. The molecule has 0 unspecified atom stereocenters. The largest absolute Gasteiger partial charge is 0.479 e. The second-order valence-corrected chi connectivity index (χ2v) is 5.60.